The fourth-order valence-corrected chi connectivity index (χ4v) is 1.37. The highest BCUT2D eigenvalue weighted by molar-refractivity contribution is 5.41. The number of benzene rings is 1. The molecule has 0 N–H and O–H groups in total. The second-order valence-electron chi connectivity index (χ2n) is 4.92. The van der Waals surface area contributed by atoms with Crippen molar-refractivity contribution in [1.82, 2.24) is 0 Å². The Morgan fingerprint density at radius 2 is 1.36 bits per heavy atom. The van der Waals surface area contributed by atoms with Gasteiger partial charge in [0.2, 0.25) is 0 Å². The lowest BCUT2D eigenvalue weighted by Crippen LogP contribution is -2.23. The zero-order chi connectivity index (χ0) is 10.9. The van der Waals surface area contributed by atoms with E-state index in [-0.39, 0.29) is 5.60 Å². The molecule has 0 bridgehead atoms. The van der Waals surface area contributed by atoms with E-state index in [0.717, 1.165) is 5.75 Å². The Morgan fingerprint density at radius 1 is 0.857 bits per heavy atom. The summed E-state index contributed by atoms with van der Waals surface area (Å²) in [5.41, 5.74) is 3.70. The molecule has 1 heteroatoms. The fourth-order valence-electron chi connectivity index (χ4n) is 1.37. The predicted octanol–water partition coefficient (Wildman–Crippen LogP) is 3.79. The Hall–Kier alpha value is -0.980. The molecule has 1 rings (SSSR count). The molecule has 0 fully saturated rings. The molecule has 0 amide bonds. The third kappa shape index (κ3) is 2.76. The van der Waals surface area contributed by atoms with Crippen molar-refractivity contribution in [3.05, 3.63) is 28.8 Å². The van der Waals surface area contributed by atoms with Crippen LogP contribution >= 0.6 is 0 Å². The summed E-state index contributed by atoms with van der Waals surface area (Å²) < 4.78 is 5.87. The van der Waals surface area contributed by atoms with Crippen molar-refractivity contribution < 1.29 is 4.74 Å². The minimum absolute atomic E-state index is 0.119. The van der Waals surface area contributed by atoms with E-state index in [4.69, 9.17) is 4.74 Å². The Balaban J connectivity index is 3.04. The topological polar surface area (TPSA) is 9.23 Å². The monoisotopic (exact) mass is 192 g/mol. The second kappa shape index (κ2) is 3.64. The standard InChI is InChI=1S/C13H20O/c1-9-7-11(3)12(8-10(9)2)14-13(4,5)6/h7-8H,1-6H3. The summed E-state index contributed by atoms with van der Waals surface area (Å²) >= 11 is 0. The molecule has 1 nitrogen and oxygen atoms in total. The first-order valence-electron chi connectivity index (χ1n) is 5.06. The zero-order valence-electron chi connectivity index (χ0n) is 10.1. The second-order valence-corrected chi connectivity index (χ2v) is 4.92. The van der Waals surface area contributed by atoms with Crippen LogP contribution in [0.1, 0.15) is 37.5 Å². The zero-order valence-corrected chi connectivity index (χ0v) is 10.1. The van der Waals surface area contributed by atoms with Gasteiger partial charge in [0.05, 0.1) is 0 Å². The molecule has 0 aliphatic rings. The van der Waals surface area contributed by atoms with Crippen molar-refractivity contribution in [2.75, 3.05) is 0 Å². The first kappa shape index (κ1) is 11.1. The van der Waals surface area contributed by atoms with Crippen LogP contribution in [0.4, 0.5) is 0 Å². The van der Waals surface area contributed by atoms with Gasteiger partial charge >= 0.3 is 0 Å². The van der Waals surface area contributed by atoms with Crippen molar-refractivity contribution in [2.24, 2.45) is 0 Å². The first-order valence-corrected chi connectivity index (χ1v) is 5.06. The van der Waals surface area contributed by atoms with E-state index in [1.54, 1.807) is 0 Å². The number of rotatable bonds is 1. The van der Waals surface area contributed by atoms with E-state index in [1.165, 1.54) is 16.7 Å². The Morgan fingerprint density at radius 3 is 1.86 bits per heavy atom. The van der Waals surface area contributed by atoms with Gasteiger partial charge in [-0.15, -0.1) is 0 Å². The molecule has 14 heavy (non-hydrogen) atoms. The Bertz CT molecular complexity index is 332. The molecule has 1 aromatic rings. The van der Waals surface area contributed by atoms with Gasteiger partial charge in [-0.1, -0.05) is 6.07 Å². The highest BCUT2D eigenvalue weighted by Gasteiger charge is 2.13. The molecule has 0 aromatic heterocycles. The van der Waals surface area contributed by atoms with E-state index >= 15 is 0 Å². The van der Waals surface area contributed by atoms with Crippen LogP contribution in [0.3, 0.4) is 0 Å². The summed E-state index contributed by atoms with van der Waals surface area (Å²) in [6, 6.07) is 4.30. The van der Waals surface area contributed by atoms with Gasteiger partial charge in [-0.3, -0.25) is 0 Å². The van der Waals surface area contributed by atoms with E-state index in [9.17, 15) is 0 Å². The molecule has 0 aliphatic heterocycles. The third-order valence-electron chi connectivity index (χ3n) is 2.21. The largest absolute Gasteiger partial charge is 0.488 e. The van der Waals surface area contributed by atoms with Crippen LogP contribution in [0.25, 0.3) is 0 Å². The summed E-state index contributed by atoms with van der Waals surface area (Å²) in [5.74, 6) is 1.00. The van der Waals surface area contributed by atoms with Crippen LogP contribution in [0.2, 0.25) is 0 Å². The number of ether oxygens (including phenoxy) is 1. The molecule has 0 saturated heterocycles. The lowest BCUT2D eigenvalue weighted by Gasteiger charge is -2.23. The molecule has 0 unspecified atom stereocenters. The molecule has 0 spiro atoms. The minimum atomic E-state index is -0.119. The highest BCUT2D eigenvalue weighted by Crippen LogP contribution is 2.25. The van der Waals surface area contributed by atoms with E-state index < -0.39 is 0 Å². The van der Waals surface area contributed by atoms with Crippen molar-refractivity contribution in [1.29, 1.82) is 0 Å². The maximum absolute atomic E-state index is 5.87. The van der Waals surface area contributed by atoms with Gasteiger partial charge in [0, 0.05) is 0 Å². The van der Waals surface area contributed by atoms with E-state index in [1.807, 2.05) is 0 Å². The number of hydrogen-bond donors (Lipinski definition) is 0. The van der Waals surface area contributed by atoms with Crippen molar-refractivity contribution in [3.63, 3.8) is 0 Å². The SMILES string of the molecule is Cc1cc(C)c(OC(C)(C)C)cc1C. The van der Waals surface area contributed by atoms with Gasteiger partial charge in [-0.05, 0) is 64.3 Å². The normalized spacial score (nSPS) is 11.6. The third-order valence-corrected chi connectivity index (χ3v) is 2.21. The average Bonchev–Trinajstić information content (AvgIpc) is 1.97. The lowest BCUT2D eigenvalue weighted by molar-refractivity contribution is 0.130. The van der Waals surface area contributed by atoms with E-state index in [0.29, 0.717) is 0 Å². The number of hydrogen-bond acceptors (Lipinski definition) is 1. The van der Waals surface area contributed by atoms with Crippen LogP contribution in [-0.2, 0) is 0 Å². The van der Waals surface area contributed by atoms with Gasteiger partial charge in [0.1, 0.15) is 11.4 Å². The van der Waals surface area contributed by atoms with Crippen molar-refractivity contribution >= 4 is 0 Å². The van der Waals surface area contributed by atoms with Crippen molar-refractivity contribution in [3.8, 4) is 5.75 Å². The quantitative estimate of drug-likeness (QED) is 0.657. The average molecular weight is 192 g/mol. The minimum Gasteiger partial charge on any atom is -0.488 e. The molecule has 78 valence electrons. The first-order chi connectivity index (χ1) is 6.29. The van der Waals surface area contributed by atoms with Crippen LogP contribution in [0.5, 0.6) is 5.75 Å². The summed E-state index contributed by atoms with van der Waals surface area (Å²) in [4.78, 5) is 0. The maximum Gasteiger partial charge on any atom is 0.123 e. The van der Waals surface area contributed by atoms with Crippen LogP contribution < -0.4 is 4.74 Å². The van der Waals surface area contributed by atoms with Gasteiger partial charge in [-0.2, -0.15) is 0 Å². The van der Waals surface area contributed by atoms with Crippen LogP contribution in [0.15, 0.2) is 12.1 Å². The molecule has 0 atom stereocenters. The molecule has 0 radical (unpaired) electrons. The summed E-state index contributed by atoms with van der Waals surface area (Å²) in [5, 5.41) is 0. The van der Waals surface area contributed by atoms with Gasteiger partial charge < -0.3 is 4.74 Å². The fraction of sp³-hybridized carbons (Fsp3) is 0.538. The predicted molar refractivity (Wildman–Crippen MR) is 61.0 cm³/mol. The molecular weight excluding hydrogens is 172 g/mol. The summed E-state index contributed by atoms with van der Waals surface area (Å²) in [7, 11) is 0. The van der Waals surface area contributed by atoms with E-state index in [2.05, 4.69) is 53.7 Å². The molecule has 0 heterocycles. The highest BCUT2D eigenvalue weighted by atomic mass is 16.5. The Kier molecular flexibility index (Phi) is 2.89. The smallest absolute Gasteiger partial charge is 0.123 e. The van der Waals surface area contributed by atoms with Gasteiger partial charge in [-0.25, -0.2) is 0 Å². The lowest BCUT2D eigenvalue weighted by atomic mass is 10.1. The van der Waals surface area contributed by atoms with Crippen LogP contribution in [-0.4, -0.2) is 5.60 Å². The van der Waals surface area contributed by atoms with Gasteiger partial charge in [0.15, 0.2) is 0 Å². The van der Waals surface area contributed by atoms with Crippen molar-refractivity contribution in [2.45, 2.75) is 47.1 Å². The molecular formula is C13H20O. The van der Waals surface area contributed by atoms with Crippen LogP contribution in [0, 0.1) is 20.8 Å². The number of aryl methyl sites for hydroxylation is 3. The maximum atomic E-state index is 5.87. The Labute approximate surface area is 87.1 Å². The molecule has 1 aromatic carbocycles. The van der Waals surface area contributed by atoms with Gasteiger partial charge in [0.25, 0.3) is 0 Å². The summed E-state index contributed by atoms with van der Waals surface area (Å²) in [6.07, 6.45) is 0. The summed E-state index contributed by atoms with van der Waals surface area (Å²) in [6.45, 7) is 12.5. The molecule has 0 aliphatic carbocycles. The molecule has 0 saturated carbocycles.